The highest BCUT2D eigenvalue weighted by Gasteiger charge is 2.37. The number of hydrogen-bond acceptors (Lipinski definition) is 4. The second-order valence-corrected chi connectivity index (χ2v) is 5.56. The third kappa shape index (κ3) is 2.16. The molecule has 102 valence electrons. The number of amides is 2. The standard InChI is InChI=1S/C11H14N4O3S/c16-10(17)8-6-19-7-15(8)11(18)14-4-3-13-2-1-12-9(13)5-14/h1-2,8H,3-7H2,(H,16,17)/t8-/m0/s1. The molecule has 0 aliphatic carbocycles. The first-order valence-electron chi connectivity index (χ1n) is 6.03. The minimum absolute atomic E-state index is 0.202. The number of carbonyl (C=O) groups excluding carboxylic acids is 1. The molecule has 0 unspecified atom stereocenters. The Morgan fingerprint density at radius 1 is 1.42 bits per heavy atom. The Morgan fingerprint density at radius 3 is 3.05 bits per heavy atom. The highest BCUT2D eigenvalue weighted by Crippen LogP contribution is 2.24. The van der Waals surface area contributed by atoms with Crippen molar-refractivity contribution in [2.75, 3.05) is 18.2 Å². The fourth-order valence-electron chi connectivity index (χ4n) is 2.35. The number of imidazole rings is 1. The minimum atomic E-state index is -0.933. The van der Waals surface area contributed by atoms with E-state index in [2.05, 4.69) is 4.98 Å². The highest BCUT2D eigenvalue weighted by atomic mass is 32.2. The Labute approximate surface area is 114 Å². The summed E-state index contributed by atoms with van der Waals surface area (Å²) in [5.41, 5.74) is 0. The maximum Gasteiger partial charge on any atom is 0.327 e. The first-order chi connectivity index (χ1) is 9.16. The number of nitrogens with zero attached hydrogens (tertiary/aromatic N) is 4. The van der Waals surface area contributed by atoms with Crippen molar-refractivity contribution < 1.29 is 14.7 Å². The minimum Gasteiger partial charge on any atom is -0.480 e. The Hall–Kier alpha value is -1.70. The zero-order valence-electron chi connectivity index (χ0n) is 10.2. The Kier molecular flexibility index (Phi) is 3.09. The average Bonchev–Trinajstić information content (AvgIpc) is 3.05. The lowest BCUT2D eigenvalue weighted by Crippen LogP contribution is -2.50. The summed E-state index contributed by atoms with van der Waals surface area (Å²) < 4.78 is 2.01. The van der Waals surface area contributed by atoms with Crippen molar-refractivity contribution in [2.24, 2.45) is 0 Å². The van der Waals surface area contributed by atoms with Gasteiger partial charge in [-0.3, -0.25) is 0 Å². The van der Waals surface area contributed by atoms with E-state index in [0.717, 1.165) is 5.82 Å². The third-order valence-electron chi connectivity index (χ3n) is 3.43. The van der Waals surface area contributed by atoms with Crippen molar-refractivity contribution in [3.8, 4) is 0 Å². The van der Waals surface area contributed by atoms with Gasteiger partial charge in [0.25, 0.3) is 0 Å². The van der Waals surface area contributed by atoms with Crippen LogP contribution in [0.2, 0.25) is 0 Å². The second-order valence-electron chi connectivity index (χ2n) is 4.56. The van der Waals surface area contributed by atoms with Gasteiger partial charge in [0.2, 0.25) is 0 Å². The van der Waals surface area contributed by atoms with Crippen LogP contribution < -0.4 is 0 Å². The molecule has 1 saturated heterocycles. The van der Waals surface area contributed by atoms with E-state index in [-0.39, 0.29) is 6.03 Å². The molecule has 3 rings (SSSR count). The maximum atomic E-state index is 12.4. The molecule has 0 radical (unpaired) electrons. The molecule has 0 aromatic carbocycles. The smallest absolute Gasteiger partial charge is 0.327 e. The molecule has 2 aliphatic rings. The Bertz CT molecular complexity index is 518. The fourth-order valence-corrected chi connectivity index (χ4v) is 3.49. The molecule has 1 atom stereocenters. The van der Waals surface area contributed by atoms with Gasteiger partial charge >= 0.3 is 12.0 Å². The second kappa shape index (κ2) is 4.76. The van der Waals surface area contributed by atoms with Crippen molar-refractivity contribution in [3.05, 3.63) is 18.2 Å². The molecule has 2 aliphatic heterocycles. The average molecular weight is 282 g/mol. The molecule has 1 fully saturated rings. The van der Waals surface area contributed by atoms with E-state index < -0.39 is 12.0 Å². The van der Waals surface area contributed by atoms with Crippen molar-refractivity contribution in [1.82, 2.24) is 19.4 Å². The van der Waals surface area contributed by atoms with Gasteiger partial charge in [-0.1, -0.05) is 0 Å². The summed E-state index contributed by atoms with van der Waals surface area (Å²) in [5, 5.41) is 9.11. The Morgan fingerprint density at radius 2 is 2.26 bits per heavy atom. The molecule has 8 heteroatoms. The summed E-state index contributed by atoms with van der Waals surface area (Å²) >= 11 is 1.47. The number of carbonyl (C=O) groups is 2. The zero-order chi connectivity index (χ0) is 13.4. The maximum absolute atomic E-state index is 12.4. The summed E-state index contributed by atoms with van der Waals surface area (Å²) in [6.07, 6.45) is 3.61. The number of rotatable bonds is 1. The van der Waals surface area contributed by atoms with Gasteiger partial charge in [0.15, 0.2) is 0 Å². The number of carboxylic acids is 1. The van der Waals surface area contributed by atoms with Crippen LogP contribution in [-0.4, -0.2) is 60.7 Å². The number of fused-ring (bicyclic) bond motifs is 1. The number of thioether (sulfide) groups is 1. The van der Waals surface area contributed by atoms with Crippen LogP contribution in [0.5, 0.6) is 0 Å². The van der Waals surface area contributed by atoms with Gasteiger partial charge in [0.05, 0.1) is 12.4 Å². The van der Waals surface area contributed by atoms with Crippen LogP contribution >= 0.6 is 11.8 Å². The van der Waals surface area contributed by atoms with E-state index in [9.17, 15) is 9.59 Å². The van der Waals surface area contributed by atoms with Gasteiger partial charge in [0, 0.05) is 31.2 Å². The molecule has 0 saturated carbocycles. The lowest BCUT2D eigenvalue weighted by Gasteiger charge is -2.32. The van der Waals surface area contributed by atoms with E-state index in [1.54, 1.807) is 11.1 Å². The van der Waals surface area contributed by atoms with Gasteiger partial charge in [-0.05, 0) is 0 Å². The summed E-state index contributed by atoms with van der Waals surface area (Å²) in [6.45, 7) is 1.74. The largest absolute Gasteiger partial charge is 0.480 e. The third-order valence-corrected chi connectivity index (χ3v) is 4.44. The van der Waals surface area contributed by atoms with E-state index in [1.165, 1.54) is 16.7 Å². The molecule has 1 N–H and O–H groups in total. The van der Waals surface area contributed by atoms with Crippen LogP contribution in [0.25, 0.3) is 0 Å². The molecule has 2 amide bonds. The van der Waals surface area contributed by atoms with Crippen LogP contribution in [0.15, 0.2) is 12.4 Å². The normalized spacial score (nSPS) is 22.4. The molecule has 1 aromatic rings. The van der Waals surface area contributed by atoms with Crippen molar-refractivity contribution in [2.45, 2.75) is 19.1 Å². The van der Waals surface area contributed by atoms with E-state index in [4.69, 9.17) is 5.11 Å². The lowest BCUT2D eigenvalue weighted by atomic mass is 10.3. The van der Waals surface area contributed by atoms with Gasteiger partial charge in [-0.2, -0.15) is 0 Å². The summed E-state index contributed by atoms with van der Waals surface area (Å²) in [4.78, 5) is 30.8. The SMILES string of the molecule is O=C(O)[C@@H]1CSCN1C(=O)N1CCn2ccnc2C1. The van der Waals surface area contributed by atoms with Crippen molar-refractivity contribution in [1.29, 1.82) is 0 Å². The summed E-state index contributed by atoms with van der Waals surface area (Å²) in [7, 11) is 0. The topological polar surface area (TPSA) is 78.7 Å². The first kappa shape index (κ1) is 12.3. The molecule has 7 nitrogen and oxygen atoms in total. The predicted molar refractivity (Wildman–Crippen MR) is 68.6 cm³/mol. The fraction of sp³-hybridized carbons (Fsp3) is 0.545. The van der Waals surface area contributed by atoms with Crippen LogP contribution in [-0.2, 0) is 17.9 Å². The monoisotopic (exact) mass is 282 g/mol. The van der Waals surface area contributed by atoms with Gasteiger partial charge in [-0.15, -0.1) is 11.8 Å². The van der Waals surface area contributed by atoms with E-state index in [1.807, 2.05) is 10.8 Å². The van der Waals surface area contributed by atoms with Gasteiger partial charge in [0.1, 0.15) is 11.9 Å². The molecule has 19 heavy (non-hydrogen) atoms. The van der Waals surface area contributed by atoms with Crippen LogP contribution in [0.3, 0.4) is 0 Å². The number of aliphatic carboxylic acids is 1. The van der Waals surface area contributed by atoms with E-state index in [0.29, 0.717) is 31.3 Å². The molecule has 0 spiro atoms. The van der Waals surface area contributed by atoms with Crippen molar-refractivity contribution in [3.63, 3.8) is 0 Å². The summed E-state index contributed by atoms with van der Waals surface area (Å²) in [6, 6.07) is -0.911. The molecular formula is C11H14N4O3S. The van der Waals surface area contributed by atoms with E-state index >= 15 is 0 Å². The van der Waals surface area contributed by atoms with Gasteiger partial charge in [-0.25, -0.2) is 14.6 Å². The van der Waals surface area contributed by atoms with Crippen molar-refractivity contribution >= 4 is 23.8 Å². The number of hydrogen-bond donors (Lipinski definition) is 1. The first-order valence-corrected chi connectivity index (χ1v) is 7.18. The summed E-state index contributed by atoms with van der Waals surface area (Å²) in [5.74, 6) is 0.819. The lowest BCUT2D eigenvalue weighted by molar-refractivity contribution is -0.141. The predicted octanol–water partition coefficient (Wildman–Crippen LogP) is 0.278. The van der Waals surface area contributed by atoms with Crippen LogP contribution in [0.4, 0.5) is 4.79 Å². The van der Waals surface area contributed by atoms with Crippen LogP contribution in [0, 0.1) is 0 Å². The molecule has 3 heterocycles. The number of urea groups is 1. The molecular weight excluding hydrogens is 268 g/mol. The quantitative estimate of drug-likeness (QED) is 0.800. The van der Waals surface area contributed by atoms with Gasteiger partial charge < -0.3 is 19.5 Å². The van der Waals surface area contributed by atoms with Crippen LogP contribution in [0.1, 0.15) is 5.82 Å². The number of aromatic nitrogens is 2. The zero-order valence-corrected chi connectivity index (χ0v) is 11.0. The number of carboxylic acid groups (broad SMARTS) is 1. The molecule has 0 bridgehead atoms. The molecule has 1 aromatic heterocycles. The highest BCUT2D eigenvalue weighted by molar-refractivity contribution is 7.99. The Balaban J connectivity index is 1.73.